The van der Waals surface area contributed by atoms with Crippen LogP contribution in [-0.2, 0) is 24.4 Å². The number of primary amides is 1. The van der Waals surface area contributed by atoms with Crippen LogP contribution in [0.1, 0.15) is 27.2 Å². The third kappa shape index (κ3) is 4.76. The van der Waals surface area contributed by atoms with Crippen molar-refractivity contribution in [2.75, 3.05) is 13.6 Å². The van der Waals surface area contributed by atoms with Gasteiger partial charge in [0.1, 0.15) is 5.82 Å². The number of nitrogens with one attached hydrogen (secondary N) is 1. The molecule has 8 heteroatoms. The maximum Gasteiger partial charge on any atom is 0.251 e. The predicted octanol–water partition coefficient (Wildman–Crippen LogP) is 3.57. The Morgan fingerprint density at radius 3 is 2.53 bits per heavy atom. The van der Waals surface area contributed by atoms with Crippen LogP contribution in [0.25, 0.3) is 22.4 Å². The zero-order chi connectivity index (χ0) is 25.2. The fourth-order valence-electron chi connectivity index (χ4n) is 4.62. The summed E-state index contributed by atoms with van der Waals surface area (Å²) in [6.07, 6.45) is 0. The lowest BCUT2D eigenvalue weighted by Gasteiger charge is -2.14. The molecular weight excluding hydrogens is 457 g/mol. The monoisotopic (exact) mass is 483 g/mol. The van der Waals surface area contributed by atoms with Crippen LogP contribution in [-0.4, -0.2) is 40.1 Å². The third-order valence-electron chi connectivity index (χ3n) is 6.25. The summed E-state index contributed by atoms with van der Waals surface area (Å²) in [4.78, 5) is 25.5. The standard InChI is InChI=1S/C28H26FN5O2/c1-33-16-23-25(17-33)32-34(27(23)22-10-2-3-11-24(22)29)15-18-6-4-7-19(12-18)20-8-5-9-21(13-20)28(36)31-14-26(30)35/h2-13H,14-17H2,1H3,(H2,30,35)(H,31,36). The molecule has 0 aliphatic carbocycles. The molecular formula is C28H26FN5O2. The smallest absolute Gasteiger partial charge is 0.251 e. The van der Waals surface area contributed by atoms with Crippen molar-refractivity contribution >= 4 is 11.8 Å². The van der Waals surface area contributed by atoms with Gasteiger partial charge in [-0.1, -0.05) is 42.5 Å². The predicted molar refractivity (Wildman–Crippen MR) is 135 cm³/mol. The van der Waals surface area contributed by atoms with E-state index in [1.54, 1.807) is 30.3 Å². The van der Waals surface area contributed by atoms with Crippen molar-refractivity contribution in [3.05, 3.63) is 101 Å². The highest BCUT2D eigenvalue weighted by atomic mass is 19.1. The largest absolute Gasteiger partial charge is 0.368 e. The fourth-order valence-corrected chi connectivity index (χ4v) is 4.62. The van der Waals surface area contributed by atoms with Gasteiger partial charge in [-0.2, -0.15) is 5.10 Å². The molecule has 7 nitrogen and oxygen atoms in total. The van der Waals surface area contributed by atoms with Crippen LogP contribution in [0.15, 0.2) is 72.8 Å². The molecule has 0 atom stereocenters. The van der Waals surface area contributed by atoms with Crippen molar-refractivity contribution in [1.82, 2.24) is 20.0 Å². The molecule has 1 aliphatic rings. The van der Waals surface area contributed by atoms with Gasteiger partial charge in [-0.25, -0.2) is 4.39 Å². The van der Waals surface area contributed by atoms with E-state index in [1.165, 1.54) is 6.07 Å². The van der Waals surface area contributed by atoms with E-state index in [0.717, 1.165) is 46.7 Å². The number of halogens is 1. The minimum Gasteiger partial charge on any atom is -0.368 e. The summed E-state index contributed by atoms with van der Waals surface area (Å²) in [6, 6.07) is 22.0. The molecule has 5 rings (SSSR count). The van der Waals surface area contributed by atoms with Crippen LogP contribution >= 0.6 is 0 Å². The second kappa shape index (κ2) is 9.75. The lowest BCUT2D eigenvalue weighted by atomic mass is 10.0. The minimum atomic E-state index is -0.599. The second-order valence-electron chi connectivity index (χ2n) is 9.01. The molecule has 0 fully saturated rings. The fraction of sp³-hybridized carbons (Fsp3) is 0.179. The van der Waals surface area contributed by atoms with Gasteiger partial charge in [0.05, 0.1) is 24.5 Å². The number of nitrogens with two attached hydrogens (primary N) is 1. The molecule has 0 unspecified atom stereocenters. The average Bonchev–Trinajstić information content (AvgIpc) is 3.38. The molecule has 1 aromatic heterocycles. The number of nitrogens with zero attached hydrogens (tertiary/aromatic N) is 3. The van der Waals surface area contributed by atoms with Gasteiger partial charge in [0.2, 0.25) is 5.91 Å². The van der Waals surface area contributed by atoms with E-state index < -0.39 is 5.91 Å². The third-order valence-corrected chi connectivity index (χ3v) is 6.25. The Morgan fingerprint density at radius 1 is 1.00 bits per heavy atom. The maximum atomic E-state index is 14.8. The van der Waals surface area contributed by atoms with Crippen LogP contribution in [0.2, 0.25) is 0 Å². The highest BCUT2D eigenvalue weighted by molar-refractivity contribution is 5.97. The average molecular weight is 484 g/mol. The second-order valence-corrected chi connectivity index (χ2v) is 9.01. The molecule has 3 aromatic carbocycles. The summed E-state index contributed by atoms with van der Waals surface area (Å²) >= 11 is 0. The van der Waals surface area contributed by atoms with Gasteiger partial charge in [0, 0.05) is 29.8 Å². The normalized spacial score (nSPS) is 12.9. The quantitative estimate of drug-likeness (QED) is 0.420. The van der Waals surface area contributed by atoms with Crippen molar-refractivity contribution in [3.8, 4) is 22.4 Å². The first-order chi connectivity index (χ1) is 17.4. The molecule has 0 saturated carbocycles. The van der Waals surface area contributed by atoms with Crippen LogP contribution in [0.3, 0.4) is 0 Å². The number of aromatic nitrogens is 2. The minimum absolute atomic E-state index is 0.216. The SMILES string of the molecule is CN1Cc2nn(Cc3cccc(-c4cccc(C(=O)NCC(N)=O)c4)c3)c(-c3ccccc3F)c2C1. The Morgan fingerprint density at radius 2 is 1.75 bits per heavy atom. The number of hydrogen-bond donors (Lipinski definition) is 2. The number of amides is 2. The van der Waals surface area contributed by atoms with Crippen molar-refractivity contribution in [1.29, 1.82) is 0 Å². The summed E-state index contributed by atoms with van der Waals surface area (Å²) in [7, 11) is 2.03. The van der Waals surface area contributed by atoms with Crippen LogP contribution in [0, 0.1) is 5.82 Å². The first kappa shape index (κ1) is 23.4. The molecule has 0 bridgehead atoms. The van der Waals surface area contributed by atoms with Crippen LogP contribution in [0.4, 0.5) is 4.39 Å². The topological polar surface area (TPSA) is 93.2 Å². The molecule has 2 heterocycles. The lowest BCUT2D eigenvalue weighted by molar-refractivity contribution is -0.117. The maximum absolute atomic E-state index is 14.8. The van der Waals surface area contributed by atoms with Crippen molar-refractivity contribution in [2.24, 2.45) is 5.73 Å². The van der Waals surface area contributed by atoms with E-state index in [1.807, 2.05) is 48.1 Å². The molecule has 0 saturated heterocycles. The van der Waals surface area contributed by atoms with E-state index >= 15 is 0 Å². The summed E-state index contributed by atoms with van der Waals surface area (Å²) in [5.74, 6) is -1.23. The molecule has 36 heavy (non-hydrogen) atoms. The number of hydrogen-bond acceptors (Lipinski definition) is 4. The zero-order valence-electron chi connectivity index (χ0n) is 19.9. The number of carbonyl (C=O) groups excluding carboxylic acids is 2. The van der Waals surface area contributed by atoms with Gasteiger partial charge in [-0.3, -0.25) is 19.2 Å². The zero-order valence-corrected chi connectivity index (χ0v) is 19.9. The van der Waals surface area contributed by atoms with E-state index in [4.69, 9.17) is 10.8 Å². The van der Waals surface area contributed by atoms with Gasteiger partial charge in [0.15, 0.2) is 0 Å². The number of rotatable bonds is 7. The molecule has 0 radical (unpaired) electrons. The van der Waals surface area contributed by atoms with Gasteiger partial charge < -0.3 is 11.1 Å². The molecule has 182 valence electrons. The Labute approximate surface area is 208 Å². The van der Waals surface area contributed by atoms with Crippen molar-refractivity contribution in [3.63, 3.8) is 0 Å². The Hall–Kier alpha value is -4.30. The van der Waals surface area contributed by atoms with E-state index in [0.29, 0.717) is 17.7 Å². The molecule has 0 spiro atoms. The lowest BCUT2D eigenvalue weighted by Crippen LogP contribution is -2.33. The highest BCUT2D eigenvalue weighted by Crippen LogP contribution is 2.34. The summed E-state index contributed by atoms with van der Waals surface area (Å²) in [5, 5.41) is 7.36. The van der Waals surface area contributed by atoms with Gasteiger partial charge in [-0.15, -0.1) is 0 Å². The highest BCUT2D eigenvalue weighted by Gasteiger charge is 2.27. The Balaban J connectivity index is 1.46. The van der Waals surface area contributed by atoms with E-state index in [9.17, 15) is 14.0 Å². The summed E-state index contributed by atoms with van der Waals surface area (Å²) < 4.78 is 16.7. The summed E-state index contributed by atoms with van der Waals surface area (Å²) in [5.41, 5.74) is 11.8. The van der Waals surface area contributed by atoms with Gasteiger partial charge in [-0.05, 0) is 54.1 Å². The first-order valence-electron chi connectivity index (χ1n) is 11.7. The molecule has 1 aliphatic heterocycles. The Kier molecular flexibility index (Phi) is 6.35. The van der Waals surface area contributed by atoms with Gasteiger partial charge >= 0.3 is 0 Å². The molecule has 2 amide bonds. The summed E-state index contributed by atoms with van der Waals surface area (Å²) in [6.45, 7) is 1.72. The van der Waals surface area contributed by atoms with E-state index in [2.05, 4.69) is 10.2 Å². The number of benzene rings is 3. The van der Waals surface area contributed by atoms with E-state index in [-0.39, 0.29) is 18.3 Å². The molecule has 4 aromatic rings. The van der Waals surface area contributed by atoms with Crippen molar-refractivity contribution < 1.29 is 14.0 Å². The number of carbonyl (C=O) groups is 2. The van der Waals surface area contributed by atoms with Crippen LogP contribution in [0.5, 0.6) is 0 Å². The van der Waals surface area contributed by atoms with Crippen LogP contribution < -0.4 is 11.1 Å². The van der Waals surface area contributed by atoms with Crippen molar-refractivity contribution in [2.45, 2.75) is 19.6 Å². The molecule has 3 N–H and O–H groups in total. The Bertz CT molecular complexity index is 1460. The van der Waals surface area contributed by atoms with Gasteiger partial charge in [0.25, 0.3) is 5.91 Å². The first-order valence-corrected chi connectivity index (χ1v) is 11.7. The number of fused-ring (bicyclic) bond motifs is 1.